The third kappa shape index (κ3) is 3.39. The average Bonchev–Trinajstić information content (AvgIpc) is 3.51. The van der Waals surface area contributed by atoms with Gasteiger partial charge in [0.25, 0.3) is 0 Å². The highest BCUT2D eigenvalue weighted by Crippen LogP contribution is 2.57. The van der Waals surface area contributed by atoms with Crippen molar-refractivity contribution in [1.82, 2.24) is 20.2 Å². The second-order valence-electron chi connectivity index (χ2n) is 10.4. The Balaban J connectivity index is 1.18. The lowest BCUT2D eigenvalue weighted by Crippen LogP contribution is -2.56. The summed E-state index contributed by atoms with van der Waals surface area (Å²) in [6.07, 6.45) is 12.9. The molecule has 4 heterocycles. The smallest absolute Gasteiger partial charge is 0.113 e. The van der Waals surface area contributed by atoms with Crippen LogP contribution in [0.4, 0.5) is 5.69 Å². The summed E-state index contributed by atoms with van der Waals surface area (Å²) in [6.45, 7) is 7.14. The van der Waals surface area contributed by atoms with E-state index in [1.54, 1.807) is 12.4 Å². The van der Waals surface area contributed by atoms with Crippen molar-refractivity contribution in [3.63, 3.8) is 0 Å². The van der Waals surface area contributed by atoms with Gasteiger partial charge in [0.2, 0.25) is 0 Å². The molecule has 6 heteroatoms. The van der Waals surface area contributed by atoms with Gasteiger partial charge in [-0.1, -0.05) is 6.42 Å². The number of likely N-dealkylation sites (tertiary alicyclic amines) is 1. The molecule has 1 N–H and O–H groups in total. The summed E-state index contributed by atoms with van der Waals surface area (Å²) in [6, 6.07) is 6.28. The van der Waals surface area contributed by atoms with E-state index in [0.29, 0.717) is 16.5 Å². The van der Waals surface area contributed by atoms with Crippen molar-refractivity contribution in [2.24, 2.45) is 11.3 Å². The Labute approximate surface area is 184 Å². The number of hydrogen-bond donors (Lipinski definition) is 1. The Hall–Kier alpha value is -2.23. The Bertz CT molecular complexity index is 1010. The van der Waals surface area contributed by atoms with Gasteiger partial charge >= 0.3 is 0 Å². The van der Waals surface area contributed by atoms with Gasteiger partial charge < -0.3 is 15.1 Å². The SMILES string of the molecule is N#Cc1ccc(N2CC(CN3CCC4(CCCCN4)CC3)C3(CC3)C2)c2nccnc12. The number of nitriles is 1. The Morgan fingerprint density at radius 2 is 1.84 bits per heavy atom. The highest BCUT2D eigenvalue weighted by atomic mass is 15.2. The van der Waals surface area contributed by atoms with Crippen LogP contribution in [-0.2, 0) is 0 Å². The van der Waals surface area contributed by atoms with Crippen LogP contribution in [0.1, 0.15) is 50.5 Å². The van der Waals surface area contributed by atoms with Crippen molar-refractivity contribution in [1.29, 1.82) is 5.26 Å². The molecule has 1 unspecified atom stereocenters. The lowest BCUT2D eigenvalue weighted by molar-refractivity contribution is 0.0952. The van der Waals surface area contributed by atoms with E-state index in [1.807, 2.05) is 6.07 Å². The van der Waals surface area contributed by atoms with E-state index in [1.165, 1.54) is 71.1 Å². The number of nitrogens with zero attached hydrogens (tertiary/aromatic N) is 5. The first kappa shape index (κ1) is 19.5. The standard InChI is InChI=1S/C25H32N6/c26-15-19-3-4-21(23-22(19)27-11-12-28-23)31-17-20(24(18-31)6-7-24)16-30-13-8-25(9-14-30)5-1-2-10-29-25/h3-4,11-12,20,29H,1-2,5-10,13-14,16-18H2. The monoisotopic (exact) mass is 416 g/mol. The quantitative estimate of drug-likeness (QED) is 0.828. The van der Waals surface area contributed by atoms with E-state index < -0.39 is 0 Å². The predicted molar refractivity (Wildman–Crippen MR) is 122 cm³/mol. The van der Waals surface area contributed by atoms with E-state index >= 15 is 0 Å². The Kier molecular flexibility index (Phi) is 4.66. The number of hydrogen-bond acceptors (Lipinski definition) is 6. The minimum atomic E-state index is 0.438. The van der Waals surface area contributed by atoms with E-state index in [2.05, 4.69) is 37.2 Å². The molecule has 0 bridgehead atoms. The summed E-state index contributed by atoms with van der Waals surface area (Å²) in [5.74, 6) is 0.725. The first-order valence-electron chi connectivity index (χ1n) is 12.1. The van der Waals surface area contributed by atoms with Gasteiger partial charge in [0.1, 0.15) is 17.1 Å². The van der Waals surface area contributed by atoms with E-state index in [-0.39, 0.29) is 0 Å². The number of aromatic nitrogens is 2. The van der Waals surface area contributed by atoms with Gasteiger partial charge in [-0.15, -0.1) is 0 Å². The molecule has 6 nitrogen and oxygen atoms in total. The van der Waals surface area contributed by atoms with E-state index in [9.17, 15) is 5.26 Å². The number of piperidine rings is 2. The lowest BCUT2D eigenvalue weighted by atomic mass is 9.80. The summed E-state index contributed by atoms with van der Waals surface area (Å²) in [5, 5.41) is 13.3. The maximum absolute atomic E-state index is 9.46. The van der Waals surface area contributed by atoms with Gasteiger partial charge in [-0.3, -0.25) is 9.97 Å². The van der Waals surface area contributed by atoms with Crippen molar-refractivity contribution in [2.45, 2.75) is 50.5 Å². The second-order valence-corrected chi connectivity index (χ2v) is 10.4. The first-order chi connectivity index (χ1) is 15.2. The molecule has 0 radical (unpaired) electrons. The molecule has 1 atom stereocenters. The van der Waals surface area contributed by atoms with Gasteiger partial charge in [0.05, 0.1) is 11.3 Å². The molecule has 0 amide bonds. The summed E-state index contributed by atoms with van der Waals surface area (Å²) in [5.41, 5.74) is 4.30. The zero-order valence-corrected chi connectivity index (χ0v) is 18.3. The maximum atomic E-state index is 9.46. The molecule has 1 aliphatic carbocycles. The van der Waals surface area contributed by atoms with Crippen molar-refractivity contribution >= 4 is 16.7 Å². The molecular formula is C25H32N6. The van der Waals surface area contributed by atoms with Crippen LogP contribution in [0.15, 0.2) is 24.5 Å². The highest BCUT2D eigenvalue weighted by molar-refractivity contribution is 5.92. The van der Waals surface area contributed by atoms with E-state index in [4.69, 9.17) is 0 Å². The minimum absolute atomic E-state index is 0.438. The normalized spacial score (nSPS) is 27.1. The summed E-state index contributed by atoms with van der Waals surface area (Å²) < 4.78 is 0. The zero-order valence-electron chi connectivity index (χ0n) is 18.3. The highest BCUT2D eigenvalue weighted by Gasteiger charge is 2.55. The molecule has 162 valence electrons. The van der Waals surface area contributed by atoms with Crippen LogP contribution in [0.25, 0.3) is 11.0 Å². The number of benzene rings is 1. The third-order valence-electron chi connectivity index (χ3n) is 8.64. The number of anilines is 1. The summed E-state index contributed by atoms with van der Waals surface area (Å²) in [7, 11) is 0. The fourth-order valence-corrected chi connectivity index (χ4v) is 6.52. The molecule has 1 aromatic carbocycles. The molecule has 4 aliphatic rings. The van der Waals surface area contributed by atoms with Gasteiger partial charge in [-0.2, -0.15) is 5.26 Å². The van der Waals surface area contributed by atoms with Crippen LogP contribution in [-0.4, -0.2) is 59.7 Å². The van der Waals surface area contributed by atoms with Crippen LogP contribution in [0.2, 0.25) is 0 Å². The number of fused-ring (bicyclic) bond motifs is 1. The molecule has 31 heavy (non-hydrogen) atoms. The first-order valence-corrected chi connectivity index (χ1v) is 12.1. The van der Waals surface area contributed by atoms with Crippen molar-refractivity contribution in [3.05, 3.63) is 30.1 Å². The van der Waals surface area contributed by atoms with Crippen LogP contribution in [0, 0.1) is 22.7 Å². The number of nitrogens with one attached hydrogen (secondary N) is 1. The van der Waals surface area contributed by atoms with Crippen molar-refractivity contribution < 1.29 is 0 Å². The molecule has 2 spiro atoms. The molecular weight excluding hydrogens is 384 g/mol. The molecule has 3 aliphatic heterocycles. The van der Waals surface area contributed by atoms with Gasteiger partial charge in [-0.05, 0) is 81.6 Å². The van der Waals surface area contributed by atoms with Crippen LogP contribution < -0.4 is 10.2 Å². The maximum Gasteiger partial charge on any atom is 0.113 e. The van der Waals surface area contributed by atoms with E-state index in [0.717, 1.165) is 35.7 Å². The van der Waals surface area contributed by atoms with Gasteiger partial charge in [0.15, 0.2) is 0 Å². The fourth-order valence-electron chi connectivity index (χ4n) is 6.52. The second kappa shape index (κ2) is 7.43. The zero-order chi connectivity index (χ0) is 20.9. The van der Waals surface area contributed by atoms with Crippen LogP contribution in [0.3, 0.4) is 0 Å². The van der Waals surface area contributed by atoms with Crippen LogP contribution >= 0.6 is 0 Å². The molecule has 6 rings (SSSR count). The summed E-state index contributed by atoms with van der Waals surface area (Å²) in [4.78, 5) is 14.4. The molecule has 3 saturated heterocycles. The third-order valence-corrected chi connectivity index (χ3v) is 8.64. The van der Waals surface area contributed by atoms with Crippen molar-refractivity contribution in [2.75, 3.05) is 44.2 Å². The molecule has 1 aromatic heterocycles. The molecule has 4 fully saturated rings. The lowest BCUT2D eigenvalue weighted by Gasteiger charge is -2.45. The van der Waals surface area contributed by atoms with Crippen molar-refractivity contribution in [3.8, 4) is 6.07 Å². The average molecular weight is 417 g/mol. The molecule has 1 saturated carbocycles. The Morgan fingerprint density at radius 3 is 2.55 bits per heavy atom. The fraction of sp³-hybridized carbons (Fsp3) is 0.640. The van der Waals surface area contributed by atoms with Crippen LogP contribution in [0.5, 0.6) is 0 Å². The summed E-state index contributed by atoms with van der Waals surface area (Å²) >= 11 is 0. The number of rotatable bonds is 3. The Morgan fingerprint density at radius 1 is 1.03 bits per heavy atom. The van der Waals surface area contributed by atoms with Gasteiger partial charge in [-0.25, -0.2) is 0 Å². The predicted octanol–water partition coefficient (Wildman–Crippen LogP) is 3.33. The van der Waals surface area contributed by atoms with Gasteiger partial charge in [0, 0.05) is 37.6 Å². The largest absolute Gasteiger partial charge is 0.369 e. The minimum Gasteiger partial charge on any atom is -0.369 e. The molecule has 2 aromatic rings. The topological polar surface area (TPSA) is 68.1 Å².